The summed E-state index contributed by atoms with van der Waals surface area (Å²) in [4.78, 5) is 0. The van der Waals surface area contributed by atoms with Crippen LogP contribution in [-0.2, 0) is 11.8 Å². The van der Waals surface area contributed by atoms with Crippen LogP contribution >= 0.6 is 11.6 Å². The van der Waals surface area contributed by atoms with E-state index in [0.29, 0.717) is 11.6 Å². The molecule has 0 saturated heterocycles. The van der Waals surface area contributed by atoms with Crippen molar-refractivity contribution in [2.24, 2.45) is 5.73 Å². The lowest BCUT2D eigenvalue weighted by atomic mass is 9.83. The van der Waals surface area contributed by atoms with Crippen LogP contribution < -0.4 is 10.5 Å². The van der Waals surface area contributed by atoms with E-state index >= 15 is 0 Å². The molecular formula is C20H26ClNO2. The second-order valence-electron chi connectivity index (χ2n) is 7.13. The highest BCUT2D eigenvalue weighted by Crippen LogP contribution is 2.34. The van der Waals surface area contributed by atoms with Gasteiger partial charge in [-0.15, -0.1) is 0 Å². The monoisotopic (exact) mass is 347 g/mol. The van der Waals surface area contributed by atoms with Crippen LogP contribution in [0.5, 0.6) is 11.5 Å². The number of halogens is 1. The van der Waals surface area contributed by atoms with Gasteiger partial charge in [-0.25, -0.2) is 0 Å². The zero-order chi connectivity index (χ0) is 17.9. The fraction of sp³-hybridized carbons (Fsp3) is 0.400. The first-order valence-corrected chi connectivity index (χ1v) is 8.50. The fourth-order valence-corrected chi connectivity index (χ4v) is 3.01. The summed E-state index contributed by atoms with van der Waals surface area (Å²) in [6.45, 7) is 7.07. The smallest absolute Gasteiger partial charge is 0.134 e. The van der Waals surface area contributed by atoms with E-state index in [1.54, 1.807) is 19.2 Å². The molecule has 3 N–H and O–H groups in total. The van der Waals surface area contributed by atoms with Crippen molar-refractivity contribution in [3.8, 4) is 11.5 Å². The van der Waals surface area contributed by atoms with Gasteiger partial charge in [0.25, 0.3) is 0 Å². The zero-order valence-electron chi connectivity index (χ0n) is 14.8. The first-order chi connectivity index (χ1) is 11.3. The third-order valence-corrected chi connectivity index (χ3v) is 4.62. The Bertz CT molecular complexity index is 707. The van der Waals surface area contributed by atoms with Crippen molar-refractivity contribution in [1.29, 1.82) is 0 Å². The highest BCUT2D eigenvalue weighted by Gasteiger charge is 2.21. The molecule has 0 aliphatic rings. The second kappa shape index (κ2) is 7.45. The Balaban J connectivity index is 2.39. The minimum absolute atomic E-state index is 0.0576. The molecule has 0 spiro atoms. The summed E-state index contributed by atoms with van der Waals surface area (Å²) in [5, 5.41) is 9.94. The Labute approximate surface area is 149 Å². The number of phenolic OH excluding ortho intramolecular Hbond substituents is 1. The number of hydrogen-bond acceptors (Lipinski definition) is 3. The normalized spacial score (nSPS) is 12.9. The maximum Gasteiger partial charge on any atom is 0.134 e. The first kappa shape index (κ1) is 18.6. The van der Waals surface area contributed by atoms with Crippen molar-refractivity contribution in [2.75, 3.05) is 13.7 Å². The number of rotatable bonds is 5. The summed E-state index contributed by atoms with van der Waals surface area (Å²) < 4.78 is 5.55. The van der Waals surface area contributed by atoms with Gasteiger partial charge in [0.05, 0.1) is 12.1 Å². The van der Waals surface area contributed by atoms with E-state index in [1.165, 1.54) is 5.56 Å². The van der Waals surface area contributed by atoms with Crippen LogP contribution in [0.15, 0.2) is 36.4 Å². The van der Waals surface area contributed by atoms with E-state index in [4.69, 9.17) is 22.1 Å². The van der Waals surface area contributed by atoms with Gasteiger partial charge in [-0.2, -0.15) is 0 Å². The van der Waals surface area contributed by atoms with E-state index in [-0.39, 0.29) is 17.1 Å². The number of methoxy groups -OCH3 is 1. The number of hydrogen-bond donors (Lipinski definition) is 2. The Morgan fingerprint density at radius 2 is 1.88 bits per heavy atom. The third kappa shape index (κ3) is 4.22. The summed E-state index contributed by atoms with van der Waals surface area (Å²) in [7, 11) is 1.68. The molecule has 0 heterocycles. The van der Waals surface area contributed by atoms with Gasteiger partial charge in [0.2, 0.25) is 0 Å². The topological polar surface area (TPSA) is 55.5 Å². The van der Waals surface area contributed by atoms with Crippen LogP contribution in [0.25, 0.3) is 0 Å². The molecule has 0 aromatic heterocycles. The molecule has 3 nitrogen and oxygen atoms in total. The summed E-state index contributed by atoms with van der Waals surface area (Å²) in [6, 6.07) is 11.6. The highest BCUT2D eigenvalue weighted by molar-refractivity contribution is 6.32. The molecule has 2 rings (SSSR count). The molecule has 1 atom stereocenters. The maximum absolute atomic E-state index is 9.58. The van der Waals surface area contributed by atoms with Crippen LogP contribution in [0.2, 0.25) is 5.02 Å². The largest absolute Gasteiger partial charge is 0.506 e. The average Bonchev–Trinajstić information content (AvgIpc) is 2.54. The van der Waals surface area contributed by atoms with Crippen LogP contribution in [0, 0.1) is 0 Å². The Kier molecular flexibility index (Phi) is 5.79. The van der Waals surface area contributed by atoms with E-state index in [0.717, 1.165) is 23.3 Å². The van der Waals surface area contributed by atoms with Crippen molar-refractivity contribution in [3.63, 3.8) is 0 Å². The van der Waals surface area contributed by atoms with E-state index in [9.17, 15) is 5.11 Å². The van der Waals surface area contributed by atoms with E-state index in [2.05, 4.69) is 32.9 Å². The minimum Gasteiger partial charge on any atom is -0.506 e. The van der Waals surface area contributed by atoms with Gasteiger partial charge in [0.15, 0.2) is 0 Å². The average molecular weight is 348 g/mol. The van der Waals surface area contributed by atoms with Gasteiger partial charge in [0, 0.05) is 5.92 Å². The molecule has 0 aliphatic carbocycles. The highest BCUT2D eigenvalue weighted by atomic mass is 35.5. The molecule has 2 aromatic rings. The lowest BCUT2D eigenvalue weighted by molar-refractivity contribution is 0.404. The minimum atomic E-state index is 0.0576. The fourth-order valence-electron chi connectivity index (χ4n) is 2.80. The van der Waals surface area contributed by atoms with Gasteiger partial charge in [0.1, 0.15) is 11.5 Å². The van der Waals surface area contributed by atoms with Gasteiger partial charge in [-0.05, 0) is 53.3 Å². The molecule has 0 saturated carbocycles. The number of ether oxygens (including phenoxy) is 1. The molecular weight excluding hydrogens is 322 g/mol. The van der Waals surface area contributed by atoms with Gasteiger partial charge < -0.3 is 15.6 Å². The molecule has 0 fully saturated rings. The molecule has 0 aliphatic heterocycles. The second-order valence-corrected chi connectivity index (χ2v) is 7.54. The lowest BCUT2D eigenvalue weighted by Gasteiger charge is -2.24. The standard InChI is InChI=1S/C20H26ClNO2/c1-20(2,3)15-6-8-19(24-4)16(11-15)14(12-22)9-13-5-7-18(23)17(21)10-13/h5-8,10-11,14,23H,9,12,22H2,1-4H3. The Morgan fingerprint density at radius 1 is 1.17 bits per heavy atom. The molecule has 0 bridgehead atoms. The number of benzene rings is 2. The van der Waals surface area contributed by atoms with Crippen LogP contribution in [0.4, 0.5) is 0 Å². The van der Waals surface area contributed by atoms with Crippen LogP contribution in [0.3, 0.4) is 0 Å². The molecule has 0 radical (unpaired) electrons. The van der Waals surface area contributed by atoms with Crippen molar-refractivity contribution in [2.45, 2.75) is 38.5 Å². The van der Waals surface area contributed by atoms with Crippen molar-refractivity contribution in [1.82, 2.24) is 0 Å². The summed E-state index contributed by atoms with van der Waals surface area (Å²) in [5.74, 6) is 1.06. The maximum atomic E-state index is 9.58. The summed E-state index contributed by atoms with van der Waals surface area (Å²) in [6.07, 6.45) is 0.737. The Hall–Kier alpha value is -1.71. The van der Waals surface area contributed by atoms with Gasteiger partial charge >= 0.3 is 0 Å². The Morgan fingerprint density at radius 3 is 2.42 bits per heavy atom. The predicted octanol–water partition coefficient (Wildman–Crippen LogP) is 4.64. The van der Waals surface area contributed by atoms with E-state index in [1.807, 2.05) is 12.1 Å². The zero-order valence-corrected chi connectivity index (χ0v) is 15.5. The van der Waals surface area contributed by atoms with Crippen LogP contribution in [0.1, 0.15) is 43.4 Å². The first-order valence-electron chi connectivity index (χ1n) is 8.12. The lowest BCUT2D eigenvalue weighted by Crippen LogP contribution is -2.18. The third-order valence-electron chi connectivity index (χ3n) is 4.31. The molecule has 0 amide bonds. The van der Waals surface area contributed by atoms with Crippen molar-refractivity contribution < 1.29 is 9.84 Å². The molecule has 1 unspecified atom stereocenters. The molecule has 2 aromatic carbocycles. The number of phenols is 1. The summed E-state index contributed by atoms with van der Waals surface area (Å²) in [5.41, 5.74) is 9.52. The number of aromatic hydroxyl groups is 1. The SMILES string of the molecule is COc1ccc(C(C)(C)C)cc1C(CN)Cc1ccc(O)c(Cl)c1. The molecule has 130 valence electrons. The van der Waals surface area contributed by atoms with Crippen molar-refractivity contribution in [3.05, 3.63) is 58.1 Å². The van der Waals surface area contributed by atoms with Crippen LogP contribution in [-0.4, -0.2) is 18.8 Å². The number of nitrogens with two attached hydrogens (primary N) is 1. The molecule has 24 heavy (non-hydrogen) atoms. The molecule has 4 heteroatoms. The summed E-state index contributed by atoms with van der Waals surface area (Å²) >= 11 is 6.02. The van der Waals surface area contributed by atoms with Gasteiger partial charge in [-0.1, -0.05) is 50.6 Å². The van der Waals surface area contributed by atoms with Gasteiger partial charge in [-0.3, -0.25) is 0 Å². The predicted molar refractivity (Wildman–Crippen MR) is 100 cm³/mol. The quantitative estimate of drug-likeness (QED) is 0.828. The van der Waals surface area contributed by atoms with Crippen molar-refractivity contribution >= 4 is 11.6 Å². The van der Waals surface area contributed by atoms with E-state index < -0.39 is 0 Å².